The van der Waals surface area contributed by atoms with Crippen LogP contribution < -0.4 is 16.3 Å². The molecule has 1 saturated carbocycles. The molecule has 2 N–H and O–H groups in total. The first-order valence-corrected chi connectivity index (χ1v) is 8.80. The Labute approximate surface area is 152 Å². The lowest BCUT2D eigenvalue weighted by molar-refractivity contribution is -0.120. The molecule has 1 amide bonds. The molecule has 0 atom stereocenters. The Hall–Kier alpha value is -2.77. The molecule has 0 spiro atoms. The van der Waals surface area contributed by atoms with E-state index in [9.17, 15) is 9.59 Å². The molecular formula is C18H24N6O2. The largest absolute Gasteiger partial charge is 0.368 e. The SMILES string of the molecule is CC(=O)NC1CC(c2cc(NCCn3c(C)cc(C)nc3=O)ncn2)C1. The number of amides is 1. The lowest BCUT2D eigenvalue weighted by Crippen LogP contribution is -2.42. The van der Waals surface area contributed by atoms with Crippen molar-refractivity contribution in [1.29, 1.82) is 0 Å². The second-order valence-electron chi connectivity index (χ2n) is 6.79. The normalized spacial score (nSPS) is 18.9. The highest BCUT2D eigenvalue weighted by Gasteiger charge is 2.31. The summed E-state index contributed by atoms with van der Waals surface area (Å²) in [5.74, 6) is 1.10. The Kier molecular flexibility index (Phi) is 5.29. The molecule has 0 saturated heterocycles. The van der Waals surface area contributed by atoms with Crippen molar-refractivity contribution in [3.63, 3.8) is 0 Å². The van der Waals surface area contributed by atoms with Gasteiger partial charge in [-0.05, 0) is 32.8 Å². The number of carbonyl (C=O) groups excluding carboxylic acids is 1. The molecular weight excluding hydrogens is 332 g/mol. The third kappa shape index (κ3) is 4.25. The lowest BCUT2D eigenvalue weighted by Gasteiger charge is -2.35. The van der Waals surface area contributed by atoms with Crippen LogP contribution in [0.4, 0.5) is 5.82 Å². The van der Waals surface area contributed by atoms with E-state index in [0.29, 0.717) is 19.0 Å². The van der Waals surface area contributed by atoms with Crippen LogP contribution in [0.1, 0.15) is 42.8 Å². The highest BCUT2D eigenvalue weighted by Crippen LogP contribution is 2.36. The van der Waals surface area contributed by atoms with Crippen molar-refractivity contribution in [1.82, 2.24) is 24.8 Å². The zero-order valence-electron chi connectivity index (χ0n) is 15.3. The van der Waals surface area contributed by atoms with E-state index in [1.165, 1.54) is 6.92 Å². The zero-order valence-corrected chi connectivity index (χ0v) is 15.3. The molecule has 0 radical (unpaired) electrons. The highest BCUT2D eigenvalue weighted by atomic mass is 16.1. The third-order valence-electron chi connectivity index (χ3n) is 4.64. The number of carbonyl (C=O) groups is 1. The molecule has 2 heterocycles. The maximum atomic E-state index is 12.0. The van der Waals surface area contributed by atoms with Crippen LogP contribution >= 0.6 is 0 Å². The first-order chi connectivity index (χ1) is 12.4. The fourth-order valence-corrected chi connectivity index (χ4v) is 3.30. The van der Waals surface area contributed by atoms with Crippen molar-refractivity contribution in [2.24, 2.45) is 0 Å². The Bertz CT molecular complexity index is 857. The molecule has 1 aliphatic rings. The Morgan fingerprint density at radius 3 is 2.73 bits per heavy atom. The van der Waals surface area contributed by atoms with Crippen LogP contribution in [-0.2, 0) is 11.3 Å². The van der Waals surface area contributed by atoms with Gasteiger partial charge in [-0.1, -0.05) is 0 Å². The van der Waals surface area contributed by atoms with Gasteiger partial charge in [0.25, 0.3) is 0 Å². The summed E-state index contributed by atoms with van der Waals surface area (Å²) in [6.07, 6.45) is 3.35. The van der Waals surface area contributed by atoms with E-state index >= 15 is 0 Å². The van der Waals surface area contributed by atoms with E-state index in [4.69, 9.17) is 0 Å². The van der Waals surface area contributed by atoms with E-state index in [-0.39, 0.29) is 17.6 Å². The van der Waals surface area contributed by atoms with Crippen LogP contribution in [0, 0.1) is 13.8 Å². The summed E-state index contributed by atoms with van der Waals surface area (Å²) in [6.45, 7) is 6.35. The predicted molar refractivity (Wildman–Crippen MR) is 98.1 cm³/mol. The van der Waals surface area contributed by atoms with Crippen molar-refractivity contribution < 1.29 is 4.79 Å². The number of rotatable bonds is 6. The molecule has 1 fully saturated rings. The summed E-state index contributed by atoms with van der Waals surface area (Å²) >= 11 is 0. The van der Waals surface area contributed by atoms with Gasteiger partial charge in [0.15, 0.2) is 0 Å². The van der Waals surface area contributed by atoms with Crippen molar-refractivity contribution in [2.75, 3.05) is 11.9 Å². The van der Waals surface area contributed by atoms with Gasteiger partial charge in [-0.3, -0.25) is 9.36 Å². The number of hydrogen-bond donors (Lipinski definition) is 2. The topological polar surface area (TPSA) is 102 Å². The van der Waals surface area contributed by atoms with Gasteiger partial charge in [0.2, 0.25) is 5.91 Å². The molecule has 2 aromatic heterocycles. The third-order valence-corrected chi connectivity index (χ3v) is 4.64. The first kappa shape index (κ1) is 18.0. The lowest BCUT2D eigenvalue weighted by atomic mass is 9.78. The minimum Gasteiger partial charge on any atom is -0.368 e. The van der Waals surface area contributed by atoms with E-state index < -0.39 is 0 Å². The smallest absolute Gasteiger partial charge is 0.348 e. The second kappa shape index (κ2) is 7.63. The average molecular weight is 356 g/mol. The Balaban J connectivity index is 1.55. The van der Waals surface area contributed by atoms with Crippen molar-refractivity contribution in [3.05, 3.63) is 46.0 Å². The summed E-state index contributed by atoms with van der Waals surface area (Å²) in [5.41, 5.74) is 2.38. The van der Waals surface area contributed by atoms with Gasteiger partial charge >= 0.3 is 5.69 Å². The second-order valence-corrected chi connectivity index (χ2v) is 6.79. The van der Waals surface area contributed by atoms with E-state index in [1.807, 2.05) is 26.0 Å². The predicted octanol–water partition coefficient (Wildman–Crippen LogP) is 1.14. The van der Waals surface area contributed by atoms with Gasteiger partial charge in [-0.2, -0.15) is 4.98 Å². The van der Waals surface area contributed by atoms with Crippen LogP contribution in [0.3, 0.4) is 0 Å². The molecule has 1 aliphatic carbocycles. The van der Waals surface area contributed by atoms with Crippen LogP contribution in [0.5, 0.6) is 0 Å². The average Bonchev–Trinajstić information content (AvgIpc) is 2.53. The molecule has 8 nitrogen and oxygen atoms in total. The summed E-state index contributed by atoms with van der Waals surface area (Å²) in [7, 11) is 0. The summed E-state index contributed by atoms with van der Waals surface area (Å²) in [5, 5.41) is 6.17. The van der Waals surface area contributed by atoms with Gasteiger partial charge in [0.05, 0.1) is 0 Å². The quantitative estimate of drug-likeness (QED) is 0.805. The summed E-state index contributed by atoms with van der Waals surface area (Å²) in [6, 6.07) is 4.08. The Morgan fingerprint density at radius 1 is 1.27 bits per heavy atom. The van der Waals surface area contributed by atoms with Gasteiger partial charge in [-0.15, -0.1) is 0 Å². The van der Waals surface area contributed by atoms with E-state index in [1.54, 1.807) is 10.9 Å². The number of nitrogens with one attached hydrogen (secondary N) is 2. The van der Waals surface area contributed by atoms with E-state index in [2.05, 4.69) is 25.6 Å². The molecule has 3 rings (SSSR count). The molecule has 8 heteroatoms. The number of nitrogens with zero attached hydrogens (tertiary/aromatic N) is 4. The fourth-order valence-electron chi connectivity index (χ4n) is 3.30. The van der Waals surface area contributed by atoms with Gasteiger partial charge in [0.1, 0.15) is 12.1 Å². The standard InChI is InChI=1S/C18H24N6O2/c1-11-6-12(2)24(18(26)22-11)5-4-19-17-9-16(20-10-21-17)14-7-15(8-14)23-13(3)25/h6,9-10,14-15H,4-5,7-8H2,1-3H3,(H,23,25)(H,19,20,21). The van der Waals surface area contributed by atoms with Gasteiger partial charge in [0, 0.05) is 55.1 Å². The van der Waals surface area contributed by atoms with Gasteiger partial charge in [-0.25, -0.2) is 14.8 Å². The minimum absolute atomic E-state index is 0.00891. The number of aromatic nitrogens is 4. The molecule has 2 aromatic rings. The molecule has 26 heavy (non-hydrogen) atoms. The molecule has 138 valence electrons. The molecule has 0 unspecified atom stereocenters. The summed E-state index contributed by atoms with van der Waals surface area (Å²) in [4.78, 5) is 35.6. The Morgan fingerprint density at radius 2 is 2.04 bits per heavy atom. The van der Waals surface area contributed by atoms with Crippen molar-refractivity contribution in [2.45, 2.75) is 52.1 Å². The van der Waals surface area contributed by atoms with Crippen molar-refractivity contribution in [3.8, 4) is 0 Å². The minimum atomic E-state index is -0.230. The highest BCUT2D eigenvalue weighted by molar-refractivity contribution is 5.73. The molecule has 0 bridgehead atoms. The summed E-state index contributed by atoms with van der Waals surface area (Å²) < 4.78 is 1.64. The molecule has 0 aliphatic heterocycles. The van der Waals surface area contributed by atoms with Crippen molar-refractivity contribution >= 4 is 11.7 Å². The van der Waals surface area contributed by atoms with E-state index in [0.717, 1.165) is 35.7 Å². The van der Waals surface area contributed by atoms with Gasteiger partial charge < -0.3 is 10.6 Å². The van der Waals surface area contributed by atoms with Crippen LogP contribution in [0.25, 0.3) is 0 Å². The maximum Gasteiger partial charge on any atom is 0.348 e. The maximum absolute atomic E-state index is 12.0. The van der Waals surface area contributed by atoms with Crippen LogP contribution in [0.15, 0.2) is 23.3 Å². The number of hydrogen-bond acceptors (Lipinski definition) is 6. The fraction of sp³-hybridized carbons (Fsp3) is 0.500. The van der Waals surface area contributed by atoms with Crippen LogP contribution in [0.2, 0.25) is 0 Å². The number of aryl methyl sites for hydroxylation is 2. The first-order valence-electron chi connectivity index (χ1n) is 8.80. The monoisotopic (exact) mass is 356 g/mol. The zero-order chi connectivity index (χ0) is 18.7. The molecule has 0 aromatic carbocycles. The van der Waals surface area contributed by atoms with Crippen LogP contribution in [-0.4, -0.2) is 38.0 Å². The number of anilines is 1.